The highest BCUT2D eigenvalue weighted by molar-refractivity contribution is 5.92. The number of hydrogen-bond donors (Lipinski definition) is 0. The minimum Gasteiger partial charge on any atom is -0.337 e. The number of nitrogens with zero attached hydrogens (tertiary/aromatic N) is 4. The van der Waals surface area contributed by atoms with E-state index in [1.165, 1.54) is 0 Å². The van der Waals surface area contributed by atoms with Crippen molar-refractivity contribution >= 4 is 5.91 Å². The third kappa shape index (κ3) is 2.91. The summed E-state index contributed by atoms with van der Waals surface area (Å²) < 4.78 is 0. The first-order valence-corrected chi connectivity index (χ1v) is 7.29. The molecule has 0 aromatic carbocycles. The smallest absolute Gasteiger partial charge is 0.272 e. The number of hydrogen-bond acceptors (Lipinski definition) is 4. The zero-order chi connectivity index (χ0) is 14.7. The highest BCUT2D eigenvalue weighted by Gasteiger charge is 2.29. The molecule has 0 N–H and O–H groups in total. The zero-order valence-corrected chi connectivity index (χ0v) is 12.1. The third-order valence-electron chi connectivity index (χ3n) is 3.88. The van der Waals surface area contributed by atoms with Crippen molar-refractivity contribution in [3.05, 3.63) is 53.9 Å². The van der Waals surface area contributed by atoms with Crippen molar-refractivity contribution in [2.75, 3.05) is 13.1 Å². The van der Waals surface area contributed by atoms with Crippen LogP contribution in [0.2, 0.25) is 0 Å². The topological polar surface area (TPSA) is 59.0 Å². The summed E-state index contributed by atoms with van der Waals surface area (Å²) in [6.07, 6.45) is 7.02. The molecule has 0 saturated carbocycles. The maximum absolute atomic E-state index is 12.5. The Labute approximate surface area is 124 Å². The number of likely N-dealkylation sites (tertiary alicyclic amines) is 1. The van der Waals surface area contributed by atoms with Crippen LogP contribution in [-0.2, 0) is 6.42 Å². The van der Waals surface area contributed by atoms with Crippen LogP contribution in [0.3, 0.4) is 0 Å². The SMILES string of the molecule is CCc1ccnc(C(=O)N2CCC(c3ncccn3)C2)c1. The summed E-state index contributed by atoms with van der Waals surface area (Å²) in [4.78, 5) is 27.2. The van der Waals surface area contributed by atoms with Crippen LogP contribution in [0, 0.1) is 0 Å². The first-order chi connectivity index (χ1) is 10.3. The quantitative estimate of drug-likeness (QED) is 0.864. The lowest BCUT2D eigenvalue weighted by Crippen LogP contribution is -2.29. The van der Waals surface area contributed by atoms with Crippen LogP contribution in [0.25, 0.3) is 0 Å². The first kappa shape index (κ1) is 13.7. The predicted octanol–water partition coefficient (Wildman–Crippen LogP) is 2.06. The van der Waals surface area contributed by atoms with Gasteiger partial charge in [0.05, 0.1) is 0 Å². The normalized spacial score (nSPS) is 18.0. The molecule has 1 unspecified atom stereocenters. The molecule has 1 atom stereocenters. The molecular formula is C16H18N4O. The average molecular weight is 282 g/mol. The first-order valence-electron chi connectivity index (χ1n) is 7.29. The fraction of sp³-hybridized carbons (Fsp3) is 0.375. The van der Waals surface area contributed by atoms with Crippen molar-refractivity contribution in [2.45, 2.75) is 25.7 Å². The van der Waals surface area contributed by atoms with Crippen molar-refractivity contribution in [1.29, 1.82) is 0 Å². The Morgan fingerprint density at radius 2 is 2.10 bits per heavy atom. The van der Waals surface area contributed by atoms with Crippen molar-refractivity contribution in [1.82, 2.24) is 19.9 Å². The fourth-order valence-electron chi connectivity index (χ4n) is 2.65. The Bertz CT molecular complexity index is 629. The maximum Gasteiger partial charge on any atom is 0.272 e. The lowest BCUT2D eigenvalue weighted by atomic mass is 10.1. The molecule has 2 aromatic heterocycles. The zero-order valence-electron chi connectivity index (χ0n) is 12.1. The number of aromatic nitrogens is 3. The van der Waals surface area contributed by atoms with E-state index in [0.29, 0.717) is 12.2 Å². The summed E-state index contributed by atoms with van der Waals surface area (Å²) in [7, 11) is 0. The summed E-state index contributed by atoms with van der Waals surface area (Å²) >= 11 is 0. The van der Waals surface area contributed by atoms with Gasteiger partial charge in [-0.05, 0) is 36.6 Å². The molecule has 1 saturated heterocycles. The van der Waals surface area contributed by atoms with Gasteiger partial charge in [-0.25, -0.2) is 9.97 Å². The van der Waals surface area contributed by atoms with Gasteiger partial charge in [0.2, 0.25) is 0 Å². The molecule has 0 radical (unpaired) electrons. The second-order valence-electron chi connectivity index (χ2n) is 5.25. The monoisotopic (exact) mass is 282 g/mol. The third-order valence-corrected chi connectivity index (χ3v) is 3.88. The lowest BCUT2D eigenvalue weighted by Gasteiger charge is -2.16. The van der Waals surface area contributed by atoms with Crippen molar-refractivity contribution in [2.24, 2.45) is 0 Å². The second kappa shape index (κ2) is 5.99. The maximum atomic E-state index is 12.5. The Morgan fingerprint density at radius 3 is 2.86 bits per heavy atom. The van der Waals surface area contributed by atoms with Gasteiger partial charge >= 0.3 is 0 Å². The van der Waals surface area contributed by atoms with E-state index in [2.05, 4.69) is 21.9 Å². The fourth-order valence-corrected chi connectivity index (χ4v) is 2.65. The van der Waals surface area contributed by atoms with E-state index >= 15 is 0 Å². The lowest BCUT2D eigenvalue weighted by molar-refractivity contribution is 0.0784. The minimum absolute atomic E-state index is 0.00345. The van der Waals surface area contributed by atoms with E-state index < -0.39 is 0 Å². The van der Waals surface area contributed by atoms with Gasteiger partial charge in [-0.1, -0.05) is 6.92 Å². The molecule has 0 bridgehead atoms. The standard InChI is InChI=1S/C16H18N4O/c1-2-12-4-8-17-14(10-12)16(21)20-9-5-13(11-20)15-18-6-3-7-19-15/h3-4,6-8,10,13H,2,5,9,11H2,1H3. The molecule has 1 aliphatic heterocycles. The minimum atomic E-state index is 0.00345. The van der Waals surface area contributed by atoms with Crippen LogP contribution in [0.15, 0.2) is 36.8 Å². The van der Waals surface area contributed by atoms with Crippen molar-refractivity contribution in [3.63, 3.8) is 0 Å². The van der Waals surface area contributed by atoms with Crippen molar-refractivity contribution in [3.8, 4) is 0 Å². The van der Waals surface area contributed by atoms with Gasteiger partial charge in [0, 0.05) is 37.6 Å². The molecule has 5 nitrogen and oxygen atoms in total. The summed E-state index contributed by atoms with van der Waals surface area (Å²) in [6, 6.07) is 5.64. The Balaban J connectivity index is 1.72. The molecule has 21 heavy (non-hydrogen) atoms. The molecule has 5 heteroatoms. The van der Waals surface area contributed by atoms with Gasteiger partial charge in [0.25, 0.3) is 5.91 Å². The number of amides is 1. The van der Waals surface area contributed by atoms with Gasteiger partial charge in [0.1, 0.15) is 11.5 Å². The van der Waals surface area contributed by atoms with Crippen LogP contribution < -0.4 is 0 Å². The highest BCUT2D eigenvalue weighted by atomic mass is 16.2. The van der Waals surface area contributed by atoms with E-state index in [4.69, 9.17) is 0 Å². The summed E-state index contributed by atoms with van der Waals surface area (Å²) in [6.45, 7) is 3.48. The summed E-state index contributed by atoms with van der Waals surface area (Å²) in [5, 5.41) is 0. The van der Waals surface area contributed by atoms with Gasteiger partial charge in [-0.3, -0.25) is 9.78 Å². The van der Waals surface area contributed by atoms with Gasteiger partial charge in [-0.15, -0.1) is 0 Å². The molecule has 1 amide bonds. The number of aryl methyl sites for hydroxylation is 1. The number of pyridine rings is 1. The van der Waals surface area contributed by atoms with Gasteiger partial charge < -0.3 is 4.90 Å². The van der Waals surface area contributed by atoms with E-state index in [0.717, 1.165) is 30.8 Å². The Hall–Kier alpha value is -2.30. The van der Waals surface area contributed by atoms with Crippen LogP contribution in [0.1, 0.15) is 41.1 Å². The molecular weight excluding hydrogens is 264 g/mol. The second-order valence-corrected chi connectivity index (χ2v) is 5.25. The van der Waals surface area contributed by atoms with E-state index in [-0.39, 0.29) is 11.8 Å². The molecule has 1 aliphatic rings. The molecule has 0 spiro atoms. The number of carbonyl (C=O) groups excluding carboxylic acids is 1. The van der Waals surface area contributed by atoms with Crippen LogP contribution >= 0.6 is 0 Å². The summed E-state index contributed by atoms with van der Waals surface area (Å²) in [5.74, 6) is 1.05. The highest BCUT2D eigenvalue weighted by Crippen LogP contribution is 2.25. The molecule has 108 valence electrons. The largest absolute Gasteiger partial charge is 0.337 e. The summed E-state index contributed by atoms with van der Waals surface area (Å²) in [5.41, 5.74) is 1.67. The molecule has 2 aromatic rings. The molecule has 0 aliphatic carbocycles. The Morgan fingerprint density at radius 1 is 1.29 bits per heavy atom. The van der Waals surface area contributed by atoms with Gasteiger partial charge in [-0.2, -0.15) is 0 Å². The van der Waals surface area contributed by atoms with Crippen LogP contribution in [0.5, 0.6) is 0 Å². The van der Waals surface area contributed by atoms with Crippen LogP contribution in [0.4, 0.5) is 0 Å². The molecule has 1 fully saturated rings. The van der Waals surface area contributed by atoms with E-state index in [1.54, 1.807) is 18.6 Å². The van der Waals surface area contributed by atoms with Crippen molar-refractivity contribution < 1.29 is 4.79 Å². The Kier molecular flexibility index (Phi) is 3.90. The molecule has 3 rings (SSSR count). The predicted molar refractivity (Wildman–Crippen MR) is 78.9 cm³/mol. The average Bonchev–Trinajstić information content (AvgIpc) is 3.05. The van der Waals surface area contributed by atoms with E-state index in [9.17, 15) is 4.79 Å². The molecule has 3 heterocycles. The van der Waals surface area contributed by atoms with Crippen LogP contribution in [-0.4, -0.2) is 38.8 Å². The number of carbonyl (C=O) groups is 1. The van der Waals surface area contributed by atoms with E-state index in [1.807, 2.05) is 23.1 Å². The number of rotatable bonds is 3. The van der Waals surface area contributed by atoms with Gasteiger partial charge in [0.15, 0.2) is 0 Å².